The van der Waals surface area contributed by atoms with Crippen molar-refractivity contribution >= 4 is 45.4 Å². The molecule has 0 saturated carbocycles. The number of thiazole rings is 2. The number of nitrogens with one attached hydrogen (secondary N) is 1. The molecule has 2 aromatic rings. The van der Waals surface area contributed by atoms with Crippen LogP contribution in [0, 0.1) is 0 Å². The molecule has 0 fully saturated rings. The van der Waals surface area contributed by atoms with Crippen LogP contribution in [0.25, 0.3) is 0 Å². The third-order valence-corrected chi connectivity index (χ3v) is 4.44. The van der Waals surface area contributed by atoms with Crippen LogP contribution in [0.2, 0.25) is 5.15 Å². The minimum Gasteiger partial charge on any atom is -0.465 e. The van der Waals surface area contributed by atoms with Crippen molar-refractivity contribution in [1.29, 1.82) is 0 Å². The Morgan fingerprint density at radius 2 is 2.47 bits per heavy atom. The Bertz CT molecular complexity index is 558. The van der Waals surface area contributed by atoms with E-state index in [1.54, 1.807) is 11.7 Å². The zero-order valence-corrected chi connectivity index (χ0v) is 12.2. The Balaban J connectivity index is 1.98. The number of nitrogens with zero attached hydrogens (tertiary/aromatic N) is 2. The molecule has 0 aliphatic carbocycles. The number of aromatic nitrogens is 2. The summed E-state index contributed by atoms with van der Waals surface area (Å²) in [6.45, 7) is 0.257. The number of halogens is 1. The number of rotatable bonds is 5. The largest absolute Gasteiger partial charge is 0.465 e. The number of anilines is 1. The van der Waals surface area contributed by atoms with E-state index in [-0.39, 0.29) is 16.6 Å². The van der Waals surface area contributed by atoms with Crippen molar-refractivity contribution in [3.8, 4) is 0 Å². The van der Waals surface area contributed by atoms with Gasteiger partial charge in [-0.05, 0) is 0 Å². The molecule has 1 unspecified atom stereocenters. The van der Waals surface area contributed by atoms with Crippen molar-refractivity contribution in [1.82, 2.24) is 9.97 Å². The fourth-order valence-electron chi connectivity index (χ4n) is 1.27. The summed E-state index contributed by atoms with van der Waals surface area (Å²) < 4.78 is 4.58. The fraction of sp³-hybridized carbons (Fsp3) is 0.300. The number of hydrogen-bond acceptors (Lipinski definition) is 8. The highest BCUT2D eigenvalue weighted by Gasteiger charge is 2.18. The molecule has 102 valence electrons. The van der Waals surface area contributed by atoms with Gasteiger partial charge in [-0.15, -0.1) is 11.3 Å². The van der Waals surface area contributed by atoms with Gasteiger partial charge in [0.25, 0.3) is 0 Å². The molecule has 2 aromatic heterocycles. The molecule has 0 radical (unpaired) electrons. The molecule has 6 nitrogen and oxygen atoms in total. The molecule has 0 spiro atoms. The van der Waals surface area contributed by atoms with Crippen LogP contribution in [0.4, 0.5) is 5.13 Å². The van der Waals surface area contributed by atoms with Crippen molar-refractivity contribution < 1.29 is 14.6 Å². The summed E-state index contributed by atoms with van der Waals surface area (Å²) in [6.07, 6.45) is 0.919. The summed E-state index contributed by atoms with van der Waals surface area (Å²) in [5.41, 5.74) is 1.65. The minimum absolute atomic E-state index is 0.0895. The maximum Gasteiger partial charge on any atom is 0.351 e. The molecule has 2 heterocycles. The van der Waals surface area contributed by atoms with Crippen LogP contribution in [0.5, 0.6) is 0 Å². The van der Waals surface area contributed by atoms with Gasteiger partial charge in [0.1, 0.15) is 6.10 Å². The average molecular weight is 320 g/mol. The maximum absolute atomic E-state index is 11.4. The first kappa shape index (κ1) is 14.2. The topological polar surface area (TPSA) is 84.3 Å². The number of carbonyl (C=O) groups is 1. The van der Waals surface area contributed by atoms with Gasteiger partial charge in [-0.3, -0.25) is 4.98 Å². The summed E-state index contributed by atoms with van der Waals surface area (Å²) in [5.74, 6) is -0.529. The lowest BCUT2D eigenvalue weighted by Gasteiger charge is -2.07. The highest BCUT2D eigenvalue weighted by Crippen LogP contribution is 2.28. The molecule has 2 N–H and O–H groups in total. The van der Waals surface area contributed by atoms with Gasteiger partial charge in [0.15, 0.2) is 15.2 Å². The summed E-state index contributed by atoms with van der Waals surface area (Å²) in [4.78, 5) is 20.2. The monoisotopic (exact) mass is 319 g/mol. The minimum atomic E-state index is -0.684. The number of ether oxygens (including phenoxy) is 1. The first-order valence-corrected chi connectivity index (χ1v) is 7.24. The van der Waals surface area contributed by atoms with E-state index in [9.17, 15) is 9.90 Å². The van der Waals surface area contributed by atoms with Crippen LogP contribution < -0.4 is 5.32 Å². The highest BCUT2D eigenvalue weighted by atomic mass is 35.5. The van der Waals surface area contributed by atoms with Crippen molar-refractivity contribution in [2.75, 3.05) is 19.0 Å². The Morgan fingerprint density at radius 1 is 1.68 bits per heavy atom. The number of aliphatic hydroxyl groups excluding tert-OH is 1. The fourth-order valence-corrected chi connectivity index (χ4v) is 2.99. The number of methoxy groups -OCH3 is 1. The molecule has 2 rings (SSSR count). The second-order valence-electron chi connectivity index (χ2n) is 3.43. The van der Waals surface area contributed by atoms with Gasteiger partial charge >= 0.3 is 5.97 Å². The number of esters is 1. The van der Waals surface area contributed by atoms with Crippen LogP contribution in [0.15, 0.2) is 11.7 Å². The third kappa shape index (κ3) is 3.41. The second-order valence-corrected chi connectivity index (χ2v) is 5.71. The number of aliphatic hydroxyl groups is 1. The molecule has 19 heavy (non-hydrogen) atoms. The van der Waals surface area contributed by atoms with Crippen LogP contribution in [0.3, 0.4) is 0 Å². The van der Waals surface area contributed by atoms with Gasteiger partial charge in [0, 0.05) is 12.7 Å². The highest BCUT2D eigenvalue weighted by molar-refractivity contribution is 7.18. The molecule has 9 heteroatoms. The molecular weight excluding hydrogens is 310 g/mol. The predicted molar refractivity (Wildman–Crippen MR) is 74.0 cm³/mol. The van der Waals surface area contributed by atoms with Crippen LogP contribution in [0.1, 0.15) is 20.7 Å². The average Bonchev–Trinajstić information content (AvgIpc) is 3.04. The van der Waals surface area contributed by atoms with Crippen molar-refractivity contribution in [2.24, 2.45) is 0 Å². The summed E-state index contributed by atoms with van der Waals surface area (Å²) in [6, 6.07) is 0. The van der Waals surface area contributed by atoms with E-state index >= 15 is 0 Å². The summed E-state index contributed by atoms with van der Waals surface area (Å²) >= 11 is 8.27. The van der Waals surface area contributed by atoms with Crippen LogP contribution >= 0.6 is 34.3 Å². The first-order valence-electron chi connectivity index (χ1n) is 5.16. The Labute approximate surface area is 122 Å². The van der Waals surface area contributed by atoms with Gasteiger partial charge in [-0.1, -0.05) is 22.9 Å². The first-order chi connectivity index (χ1) is 9.11. The van der Waals surface area contributed by atoms with E-state index in [2.05, 4.69) is 20.0 Å². The van der Waals surface area contributed by atoms with Gasteiger partial charge < -0.3 is 15.2 Å². The normalized spacial score (nSPS) is 12.2. The summed E-state index contributed by atoms with van der Waals surface area (Å²) in [5, 5.41) is 13.3. The van der Waals surface area contributed by atoms with E-state index < -0.39 is 12.1 Å². The van der Waals surface area contributed by atoms with E-state index in [0.29, 0.717) is 5.13 Å². The van der Waals surface area contributed by atoms with Gasteiger partial charge in [-0.25, -0.2) is 9.78 Å². The van der Waals surface area contributed by atoms with E-state index in [0.717, 1.165) is 16.2 Å². The van der Waals surface area contributed by atoms with Gasteiger partial charge in [-0.2, -0.15) is 0 Å². The molecule has 0 bridgehead atoms. The Kier molecular flexibility index (Phi) is 4.70. The molecule has 1 atom stereocenters. The predicted octanol–water partition coefficient (Wildman–Crippen LogP) is 2.19. The molecule has 0 amide bonds. The van der Waals surface area contributed by atoms with Crippen LogP contribution in [-0.2, 0) is 4.74 Å². The standard InChI is InChI=1S/C10H10ClN3O3S2/c1-17-9(16)7-8(11)14-10(19-7)13-2-5(15)6-3-12-4-18-6/h3-5,15H,2H2,1H3,(H,13,14). The molecule has 0 saturated heterocycles. The number of carbonyl (C=O) groups excluding carboxylic acids is 1. The van der Waals surface area contributed by atoms with E-state index in [1.807, 2.05) is 0 Å². The second kappa shape index (κ2) is 6.29. The molecule has 0 aromatic carbocycles. The van der Waals surface area contributed by atoms with Crippen molar-refractivity contribution in [2.45, 2.75) is 6.10 Å². The lowest BCUT2D eigenvalue weighted by Crippen LogP contribution is -2.10. The number of hydrogen-bond donors (Lipinski definition) is 2. The van der Waals surface area contributed by atoms with Crippen molar-refractivity contribution in [3.63, 3.8) is 0 Å². The zero-order valence-electron chi connectivity index (χ0n) is 9.79. The van der Waals surface area contributed by atoms with Gasteiger partial charge in [0.2, 0.25) is 0 Å². The SMILES string of the molecule is COC(=O)c1sc(NCC(O)c2cncs2)nc1Cl. The van der Waals surface area contributed by atoms with E-state index in [4.69, 9.17) is 11.6 Å². The van der Waals surface area contributed by atoms with E-state index in [1.165, 1.54) is 18.4 Å². The van der Waals surface area contributed by atoms with Crippen LogP contribution in [-0.4, -0.2) is 34.7 Å². The Morgan fingerprint density at radius 3 is 3.11 bits per heavy atom. The summed E-state index contributed by atoms with van der Waals surface area (Å²) in [7, 11) is 1.28. The lowest BCUT2D eigenvalue weighted by molar-refractivity contribution is 0.0606. The smallest absolute Gasteiger partial charge is 0.351 e. The Hall–Kier alpha value is -1.22. The molecule has 0 aliphatic heterocycles. The van der Waals surface area contributed by atoms with Crippen molar-refractivity contribution in [3.05, 3.63) is 26.6 Å². The molecule has 0 aliphatic rings. The quantitative estimate of drug-likeness (QED) is 0.822. The lowest BCUT2D eigenvalue weighted by atomic mass is 10.3. The third-order valence-electron chi connectivity index (χ3n) is 2.18. The zero-order chi connectivity index (χ0) is 13.8. The molecular formula is C10H10ClN3O3S2. The van der Waals surface area contributed by atoms with Gasteiger partial charge in [0.05, 0.1) is 17.5 Å². The maximum atomic E-state index is 11.4.